The second kappa shape index (κ2) is 6.46. The Hall–Kier alpha value is -1.27. The maximum absolute atomic E-state index is 13.7. The molecule has 0 spiro atoms. The topological polar surface area (TPSA) is 46.3 Å². The number of carbonyl (C=O) groups is 1. The van der Waals surface area contributed by atoms with E-state index >= 15 is 0 Å². The fraction of sp³-hybridized carbons (Fsp3) is 0.533. The number of carbonyl (C=O) groups excluding carboxylic acids is 1. The summed E-state index contributed by atoms with van der Waals surface area (Å²) in [5.74, 6) is -4.36. The van der Waals surface area contributed by atoms with Gasteiger partial charge in [-0.15, -0.1) is 12.4 Å². The van der Waals surface area contributed by atoms with Crippen LogP contribution >= 0.6 is 12.4 Å². The van der Waals surface area contributed by atoms with Gasteiger partial charge in [0, 0.05) is 19.1 Å². The van der Waals surface area contributed by atoms with Gasteiger partial charge < -0.3 is 10.6 Å². The molecule has 1 aliphatic carbocycles. The van der Waals surface area contributed by atoms with Crippen molar-refractivity contribution in [2.75, 3.05) is 13.1 Å². The Balaban J connectivity index is 0.00000176. The van der Waals surface area contributed by atoms with Crippen LogP contribution in [-0.4, -0.2) is 29.9 Å². The molecule has 22 heavy (non-hydrogen) atoms. The minimum Gasteiger partial charge on any atom is -0.338 e. The Bertz CT molecular complexity index is 584. The van der Waals surface area contributed by atoms with Crippen LogP contribution in [0.5, 0.6) is 0 Å². The molecule has 3 atom stereocenters. The number of nitrogens with zero attached hydrogens (tertiary/aromatic N) is 1. The molecule has 1 heterocycles. The number of benzene rings is 1. The molecule has 2 N–H and O–H groups in total. The van der Waals surface area contributed by atoms with Crippen molar-refractivity contribution in [1.82, 2.24) is 4.90 Å². The zero-order valence-corrected chi connectivity index (χ0v) is 12.7. The average Bonchev–Trinajstić information content (AvgIpc) is 2.90. The Morgan fingerprint density at radius 2 is 1.86 bits per heavy atom. The molecule has 2 aliphatic rings. The zero-order chi connectivity index (χ0) is 15.1. The van der Waals surface area contributed by atoms with E-state index in [0.717, 1.165) is 31.4 Å². The molecule has 1 aliphatic heterocycles. The highest BCUT2D eigenvalue weighted by Crippen LogP contribution is 2.36. The Morgan fingerprint density at radius 1 is 1.14 bits per heavy atom. The molecule has 3 rings (SSSR count). The summed E-state index contributed by atoms with van der Waals surface area (Å²) >= 11 is 0. The van der Waals surface area contributed by atoms with Crippen LogP contribution in [0.1, 0.15) is 29.6 Å². The highest BCUT2D eigenvalue weighted by Gasteiger charge is 2.41. The fourth-order valence-corrected chi connectivity index (χ4v) is 3.54. The molecular weight excluding hydrogens is 317 g/mol. The summed E-state index contributed by atoms with van der Waals surface area (Å²) in [5, 5.41) is 0. The highest BCUT2D eigenvalue weighted by molar-refractivity contribution is 5.94. The lowest BCUT2D eigenvalue weighted by atomic mass is 9.78. The number of hydrogen-bond donors (Lipinski definition) is 1. The van der Waals surface area contributed by atoms with E-state index < -0.39 is 28.9 Å². The lowest BCUT2D eigenvalue weighted by molar-refractivity contribution is 0.0777. The van der Waals surface area contributed by atoms with Crippen molar-refractivity contribution in [3.05, 3.63) is 35.1 Å². The van der Waals surface area contributed by atoms with E-state index in [0.29, 0.717) is 19.0 Å². The summed E-state index contributed by atoms with van der Waals surface area (Å²) in [6.07, 6.45) is 2.97. The Kier molecular flexibility index (Phi) is 5.02. The first-order valence-electron chi connectivity index (χ1n) is 7.17. The minimum atomic E-state index is -1.60. The van der Waals surface area contributed by atoms with Gasteiger partial charge in [-0.2, -0.15) is 0 Å². The van der Waals surface area contributed by atoms with E-state index in [-0.39, 0.29) is 24.4 Å². The first kappa shape index (κ1) is 17.1. The van der Waals surface area contributed by atoms with Crippen LogP contribution in [0.4, 0.5) is 13.2 Å². The zero-order valence-electron chi connectivity index (χ0n) is 11.9. The molecule has 1 saturated carbocycles. The number of nitrogens with two attached hydrogens (primary N) is 1. The molecule has 0 aromatic heterocycles. The number of amides is 1. The summed E-state index contributed by atoms with van der Waals surface area (Å²) in [6.45, 7) is 0.971. The van der Waals surface area contributed by atoms with Crippen molar-refractivity contribution >= 4 is 18.3 Å². The van der Waals surface area contributed by atoms with E-state index in [9.17, 15) is 18.0 Å². The molecule has 122 valence electrons. The second-order valence-corrected chi connectivity index (χ2v) is 5.95. The third-order valence-corrected chi connectivity index (χ3v) is 4.71. The summed E-state index contributed by atoms with van der Waals surface area (Å²) < 4.78 is 39.9. The minimum absolute atomic E-state index is 0. The quantitative estimate of drug-likeness (QED) is 0.803. The normalized spacial score (nSPS) is 27.3. The van der Waals surface area contributed by atoms with Gasteiger partial charge in [-0.1, -0.05) is 6.42 Å². The lowest BCUT2D eigenvalue weighted by Gasteiger charge is -2.29. The summed E-state index contributed by atoms with van der Waals surface area (Å²) in [5.41, 5.74) is 5.66. The summed E-state index contributed by atoms with van der Waals surface area (Å²) in [6, 6.07) is 1.83. The SMILES string of the molecule is Cl.NC1CCCC2CN(C(=O)c3ccc(F)c(F)c3F)CC12. The van der Waals surface area contributed by atoms with Crippen LogP contribution in [-0.2, 0) is 0 Å². The van der Waals surface area contributed by atoms with E-state index in [2.05, 4.69) is 0 Å². The number of likely N-dealkylation sites (tertiary alicyclic amines) is 1. The van der Waals surface area contributed by atoms with Crippen LogP contribution in [0.15, 0.2) is 12.1 Å². The van der Waals surface area contributed by atoms with Crippen LogP contribution in [0.25, 0.3) is 0 Å². The molecule has 1 saturated heterocycles. The molecule has 0 bridgehead atoms. The number of fused-ring (bicyclic) bond motifs is 1. The molecule has 3 unspecified atom stereocenters. The molecule has 2 fully saturated rings. The fourth-order valence-electron chi connectivity index (χ4n) is 3.54. The van der Waals surface area contributed by atoms with Crippen molar-refractivity contribution in [2.24, 2.45) is 17.6 Å². The summed E-state index contributed by atoms with van der Waals surface area (Å²) in [4.78, 5) is 13.8. The van der Waals surface area contributed by atoms with Gasteiger partial charge in [0.15, 0.2) is 17.5 Å². The van der Waals surface area contributed by atoms with E-state index in [4.69, 9.17) is 5.73 Å². The van der Waals surface area contributed by atoms with Crippen LogP contribution < -0.4 is 5.73 Å². The predicted octanol–water partition coefficient (Wildman–Crippen LogP) is 2.73. The standard InChI is InChI=1S/C15H17F3N2O.ClH/c16-11-5-4-9(13(17)14(11)18)15(21)20-6-8-2-1-3-12(19)10(8)7-20;/h4-5,8,10,12H,1-3,6-7,19H2;1H. The van der Waals surface area contributed by atoms with Crippen molar-refractivity contribution < 1.29 is 18.0 Å². The Labute approximate surface area is 133 Å². The number of halogens is 4. The Morgan fingerprint density at radius 3 is 2.55 bits per heavy atom. The molecule has 0 radical (unpaired) electrons. The average molecular weight is 335 g/mol. The molecule has 1 aromatic rings. The number of rotatable bonds is 1. The van der Waals surface area contributed by atoms with Crippen LogP contribution in [0.3, 0.4) is 0 Å². The van der Waals surface area contributed by atoms with Crippen LogP contribution in [0, 0.1) is 29.3 Å². The maximum Gasteiger partial charge on any atom is 0.256 e. The molecular formula is C15H18ClF3N2O. The van der Waals surface area contributed by atoms with Gasteiger partial charge in [0.2, 0.25) is 0 Å². The molecule has 3 nitrogen and oxygen atoms in total. The van der Waals surface area contributed by atoms with Gasteiger partial charge in [-0.05, 0) is 36.8 Å². The third-order valence-electron chi connectivity index (χ3n) is 4.71. The lowest BCUT2D eigenvalue weighted by Crippen LogP contribution is -2.38. The van der Waals surface area contributed by atoms with Gasteiger partial charge in [0.25, 0.3) is 5.91 Å². The first-order valence-corrected chi connectivity index (χ1v) is 7.17. The second-order valence-electron chi connectivity index (χ2n) is 5.95. The highest BCUT2D eigenvalue weighted by atomic mass is 35.5. The predicted molar refractivity (Wildman–Crippen MR) is 78.3 cm³/mol. The van der Waals surface area contributed by atoms with E-state index in [1.807, 2.05) is 0 Å². The summed E-state index contributed by atoms with van der Waals surface area (Å²) in [7, 11) is 0. The van der Waals surface area contributed by atoms with Crippen molar-refractivity contribution in [1.29, 1.82) is 0 Å². The van der Waals surface area contributed by atoms with Crippen LogP contribution in [0.2, 0.25) is 0 Å². The van der Waals surface area contributed by atoms with Crippen molar-refractivity contribution in [3.8, 4) is 0 Å². The first-order chi connectivity index (χ1) is 9.99. The molecule has 7 heteroatoms. The molecule has 1 amide bonds. The van der Waals surface area contributed by atoms with E-state index in [1.54, 1.807) is 0 Å². The van der Waals surface area contributed by atoms with Crippen molar-refractivity contribution in [2.45, 2.75) is 25.3 Å². The smallest absolute Gasteiger partial charge is 0.256 e. The van der Waals surface area contributed by atoms with Gasteiger partial charge in [-0.3, -0.25) is 4.79 Å². The number of hydrogen-bond acceptors (Lipinski definition) is 2. The third kappa shape index (κ3) is 2.82. The van der Waals surface area contributed by atoms with Gasteiger partial charge in [0.05, 0.1) is 5.56 Å². The van der Waals surface area contributed by atoms with Gasteiger partial charge in [-0.25, -0.2) is 13.2 Å². The monoisotopic (exact) mass is 334 g/mol. The van der Waals surface area contributed by atoms with E-state index in [1.165, 1.54) is 4.90 Å². The van der Waals surface area contributed by atoms with Crippen molar-refractivity contribution in [3.63, 3.8) is 0 Å². The molecule has 1 aromatic carbocycles. The van der Waals surface area contributed by atoms with Gasteiger partial charge >= 0.3 is 0 Å². The maximum atomic E-state index is 13.7. The largest absolute Gasteiger partial charge is 0.338 e. The van der Waals surface area contributed by atoms with Gasteiger partial charge in [0.1, 0.15) is 0 Å².